The van der Waals surface area contributed by atoms with Gasteiger partial charge in [-0.2, -0.15) is 0 Å². The Bertz CT molecular complexity index is 689. The highest BCUT2D eigenvalue weighted by Crippen LogP contribution is 2.28. The Balaban J connectivity index is 2.05. The molecular weight excluding hydrogens is 286 g/mol. The molecule has 6 nitrogen and oxygen atoms in total. The predicted molar refractivity (Wildman–Crippen MR) is 81.1 cm³/mol. The van der Waals surface area contributed by atoms with E-state index in [1.165, 1.54) is 7.11 Å². The fraction of sp³-hybridized carbons (Fsp3) is 0.375. The molecule has 0 aliphatic heterocycles. The molecule has 1 aromatic heterocycles. The Morgan fingerprint density at radius 2 is 2.05 bits per heavy atom. The fourth-order valence-corrected chi connectivity index (χ4v) is 2.16. The summed E-state index contributed by atoms with van der Waals surface area (Å²) in [5, 5.41) is 3.58. The van der Waals surface area contributed by atoms with Crippen LogP contribution in [0.1, 0.15) is 29.0 Å². The van der Waals surface area contributed by atoms with Gasteiger partial charge in [-0.1, -0.05) is 0 Å². The van der Waals surface area contributed by atoms with Gasteiger partial charge in [-0.3, -0.25) is 9.59 Å². The van der Waals surface area contributed by atoms with Crippen molar-refractivity contribution in [2.75, 3.05) is 20.8 Å². The summed E-state index contributed by atoms with van der Waals surface area (Å²) in [6.07, 6.45) is 0.790. The average Bonchev–Trinajstić information content (AvgIpc) is 2.87. The number of esters is 1. The van der Waals surface area contributed by atoms with Crippen LogP contribution in [0.15, 0.2) is 22.6 Å². The molecule has 0 spiro atoms. The Hall–Kier alpha value is -2.50. The molecule has 6 heteroatoms. The first kappa shape index (κ1) is 15.9. The molecule has 0 aliphatic carbocycles. The van der Waals surface area contributed by atoms with Gasteiger partial charge in [-0.15, -0.1) is 0 Å². The lowest BCUT2D eigenvalue weighted by molar-refractivity contribution is -0.140. The molecule has 0 atom stereocenters. The predicted octanol–water partition coefficient (Wildman–Crippen LogP) is 2.43. The number of fused-ring (bicyclic) bond motifs is 1. The van der Waals surface area contributed by atoms with E-state index in [-0.39, 0.29) is 24.1 Å². The first-order valence-corrected chi connectivity index (χ1v) is 6.99. The van der Waals surface area contributed by atoms with Crippen molar-refractivity contribution in [3.05, 3.63) is 29.5 Å². The molecule has 1 heterocycles. The minimum atomic E-state index is -0.294. The van der Waals surface area contributed by atoms with Crippen LogP contribution in [-0.2, 0) is 9.53 Å². The molecule has 2 aromatic rings. The molecule has 0 aliphatic rings. The van der Waals surface area contributed by atoms with Gasteiger partial charge >= 0.3 is 5.97 Å². The molecule has 1 N–H and O–H groups in total. The zero-order valence-electron chi connectivity index (χ0n) is 12.9. The van der Waals surface area contributed by atoms with Gasteiger partial charge in [-0.05, 0) is 31.5 Å². The minimum Gasteiger partial charge on any atom is -0.497 e. The van der Waals surface area contributed by atoms with E-state index in [0.29, 0.717) is 24.3 Å². The number of nitrogens with one attached hydrogen (secondary N) is 1. The molecule has 0 unspecified atom stereocenters. The number of aryl methyl sites for hydroxylation is 1. The number of methoxy groups -OCH3 is 2. The molecule has 1 amide bonds. The summed E-state index contributed by atoms with van der Waals surface area (Å²) in [6.45, 7) is 2.21. The number of benzene rings is 1. The van der Waals surface area contributed by atoms with Crippen LogP contribution < -0.4 is 10.1 Å². The largest absolute Gasteiger partial charge is 0.497 e. The van der Waals surface area contributed by atoms with Crippen LogP contribution in [-0.4, -0.2) is 32.6 Å². The maximum Gasteiger partial charge on any atom is 0.305 e. The van der Waals surface area contributed by atoms with Gasteiger partial charge in [0.05, 0.1) is 14.2 Å². The molecule has 118 valence electrons. The SMILES string of the molecule is COC(=O)CCCNC(=O)c1oc2ccc(OC)cc2c1C. The van der Waals surface area contributed by atoms with Crippen LogP contribution in [0.2, 0.25) is 0 Å². The quantitative estimate of drug-likeness (QED) is 0.655. The molecule has 22 heavy (non-hydrogen) atoms. The lowest BCUT2D eigenvalue weighted by Gasteiger charge is -2.03. The summed E-state index contributed by atoms with van der Waals surface area (Å²) in [7, 11) is 2.93. The van der Waals surface area contributed by atoms with Crippen LogP contribution in [0.3, 0.4) is 0 Å². The third kappa shape index (κ3) is 3.39. The van der Waals surface area contributed by atoms with Crippen molar-refractivity contribution < 1.29 is 23.5 Å². The third-order valence-electron chi connectivity index (χ3n) is 3.42. The van der Waals surface area contributed by atoms with E-state index in [0.717, 1.165) is 10.9 Å². The standard InChI is InChI=1S/C16H19NO5/c1-10-12-9-11(20-2)6-7-13(12)22-15(10)16(19)17-8-4-5-14(18)21-3/h6-7,9H,4-5,8H2,1-3H3,(H,17,19). The highest BCUT2D eigenvalue weighted by Gasteiger charge is 2.17. The van der Waals surface area contributed by atoms with Gasteiger partial charge in [0, 0.05) is 23.9 Å². The summed E-state index contributed by atoms with van der Waals surface area (Å²) < 4.78 is 15.3. The van der Waals surface area contributed by atoms with Crippen LogP contribution >= 0.6 is 0 Å². The maximum atomic E-state index is 12.2. The van der Waals surface area contributed by atoms with E-state index in [1.807, 2.05) is 13.0 Å². The van der Waals surface area contributed by atoms with Gasteiger partial charge < -0.3 is 19.2 Å². The second-order valence-corrected chi connectivity index (χ2v) is 4.85. The molecule has 0 saturated carbocycles. The van der Waals surface area contributed by atoms with Crippen molar-refractivity contribution in [3.63, 3.8) is 0 Å². The number of furan rings is 1. The highest BCUT2D eigenvalue weighted by molar-refractivity contribution is 5.99. The highest BCUT2D eigenvalue weighted by atomic mass is 16.5. The number of hydrogen-bond donors (Lipinski definition) is 1. The third-order valence-corrected chi connectivity index (χ3v) is 3.42. The summed E-state index contributed by atoms with van der Waals surface area (Å²) in [5.74, 6) is 0.404. The van der Waals surface area contributed by atoms with E-state index in [1.54, 1.807) is 19.2 Å². The van der Waals surface area contributed by atoms with Gasteiger partial charge in [-0.25, -0.2) is 0 Å². The second kappa shape index (κ2) is 6.98. The molecule has 0 fully saturated rings. The molecular formula is C16H19NO5. The fourth-order valence-electron chi connectivity index (χ4n) is 2.16. The molecule has 1 aromatic carbocycles. The van der Waals surface area contributed by atoms with Crippen molar-refractivity contribution in [3.8, 4) is 5.75 Å². The van der Waals surface area contributed by atoms with Crippen molar-refractivity contribution in [2.24, 2.45) is 0 Å². The minimum absolute atomic E-state index is 0.271. The monoisotopic (exact) mass is 305 g/mol. The second-order valence-electron chi connectivity index (χ2n) is 4.85. The maximum absolute atomic E-state index is 12.2. The van der Waals surface area contributed by atoms with Crippen LogP contribution in [0.25, 0.3) is 11.0 Å². The Morgan fingerprint density at radius 1 is 1.27 bits per heavy atom. The zero-order valence-corrected chi connectivity index (χ0v) is 12.9. The number of carbonyl (C=O) groups excluding carboxylic acids is 2. The first-order chi connectivity index (χ1) is 10.6. The molecule has 2 rings (SSSR count). The van der Waals surface area contributed by atoms with Gasteiger partial charge in [0.2, 0.25) is 0 Å². The summed E-state index contributed by atoms with van der Waals surface area (Å²) in [6, 6.07) is 5.39. The Labute approximate surface area is 128 Å². The number of ether oxygens (including phenoxy) is 2. The summed E-state index contributed by atoms with van der Waals surface area (Å²) in [5.41, 5.74) is 1.40. The van der Waals surface area contributed by atoms with Crippen LogP contribution in [0.5, 0.6) is 5.75 Å². The molecule has 0 saturated heterocycles. The van der Waals surface area contributed by atoms with E-state index < -0.39 is 0 Å². The number of amides is 1. The molecule has 0 bridgehead atoms. The Morgan fingerprint density at radius 3 is 2.73 bits per heavy atom. The lowest BCUT2D eigenvalue weighted by Crippen LogP contribution is -2.25. The van der Waals surface area contributed by atoms with Crippen molar-refractivity contribution in [2.45, 2.75) is 19.8 Å². The summed E-state index contributed by atoms with van der Waals surface area (Å²) in [4.78, 5) is 23.1. The van der Waals surface area contributed by atoms with Crippen molar-refractivity contribution in [1.82, 2.24) is 5.32 Å². The van der Waals surface area contributed by atoms with E-state index in [9.17, 15) is 9.59 Å². The average molecular weight is 305 g/mol. The normalized spacial score (nSPS) is 10.5. The lowest BCUT2D eigenvalue weighted by atomic mass is 10.1. The van der Waals surface area contributed by atoms with Crippen LogP contribution in [0.4, 0.5) is 0 Å². The van der Waals surface area contributed by atoms with Gasteiger partial charge in [0.1, 0.15) is 11.3 Å². The van der Waals surface area contributed by atoms with Gasteiger partial charge in [0.15, 0.2) is 5.76 Å². The van der Waals surface area contributed by atoms with E-state index in [4.69, 9.17) is 9.15 Å². The summed E-state index contributed by atoms with van der Waals surface area (Å²) >= 11 is 0. The van der Waals surface area contributed by atoms with E-state index >= 15 is 0 Å². The number of rotatable bonds is 6. The van der Waals surface area contributed by atoms with Crippen molar-refractivity contribution in [1.29, 1.82) is 0 Å². The van der Waals surface area contributed by atoms with E-state index in [2.05, 4.69) is 10.1 Å². The zero-order chi connectivity index (χ0) is 16.1. The molecule has 0 radical (unpaired) electrons. The number of carbonyl (C=O) groups is 2. The number of hydrogen-bond acceptors (Lipinski definition) is 5. The Kier molecular flexibility index (Phi) is 5.04. The van der Waals surface area contributed by atoms with Crippen LogP contribution in [0, 0.1) is 6.92 Å². The topological polar surface area (TPSA) is 77.8 Å². The van der Waals surface area contributed by atoms with Crippen molar-refractivity contribution >= 4 is 22.8 Å². The smallest absolute Gasteiger partial charge is 0.305 e. The van der Waals surface area contributed by atoms with Gasteiger partial charge in [0.25, 0.3) is 5.91 Å². The first-order valence-electron chi connectivity index (χ1n) is 6.99.